The van der Waals surface area contributed by atoms with E-state index in [1.165, 1.54) is 5.56 Å². The number of carbonyl (C=O) groups excluding carboxylic acids is 3. The molecule has 6 rings (SSSR count). The lowest BCUT2D eigenvalue weighted by atomic mass is 9.69. The summed E-state index contributed by atoms with van der Waals surface area (Å²) < 4.78 is 163. The van der Waals surface area contributed by atoms with Gasteiger partial charge in [0.25, 0.3) is 17.7 Å². The minimum absolute atomic E-state index is 0.133. The van der Waals surface area contributed by atoms with Crippen LogP contribution in [-0.2, 0) is 55.8 Å². The van der Waals surface area contributed by atoms with Crippen LogP contribution in [0.2, 0.25) is 0 Å². The lowest BCUT2D eigenvalue weighted by Crippen LogP contribution is -2.57. The minimum Gasteiger partial charge on any atom is -0.463 e. The molecule has 0 aliphatic rings. The second kappa shape index (κ2) is 28.3. The van der Waals surface area contributed by atoms with Gasteiger partial charge in [-0.2, -0.15) is 62.3 Å². The molecule has 0 amide bonds. The monoisotopic (exact) mass is 1190 g/mol. The number of aromatic nitrogens is 2. The van der Waals surface area contributed by atoms with E-state index < -0.39 is 72.4 Å². The van der Waals surface area contributed by atoms with Crippen molar-refractivity contribution in [2.75, 3.05) is 0 Å². The van der Waals surface area contributed by atoms with Gasteiger partial charge in [0.15, 0.2) is 0 Å². The molecule has 2 N–H and O–H groups in total. The van der Waals surface area contributed by atoms with Gasteiger partial charge in [-0.1, -0.05) is 126 Å². The molecule has 20 heteroatoms. The Kier molecular flexibility index (Phi) is 23.5. The molecule has 0 atom stereocenters. The Morgan fingerprint density at radius 2 is 0.786 bits per heavy atom. The third-order valence-corrected chi connectivity index (χ3v) is 16.2. The fourth-order valence-corrected chi connectivity index (χ4v) is 10.9. The van der Waals surface area contributed by atoms with Crippen LogP contribution < -0.4 is 0 Å². The topological polar surface area (TPSA) is 127 Å². The molecule has 0 unspecified atom stereocenters. The average Bonchev–Trinajstić information content (AvgIpc) is 1.59. The van der Waals surface area contributed by atoms with Gasteiger partial charge in [-0.25, -0.2) is 0 Å². The van der Waals surface area contributed by atoms with Crippen molar-refractivity contribution in [1.29, 1.82) is 0 Å². The van der Waals surface area contributed by atoms with E-state index in [0.717, 1.165) is 87.1 Å². The molecule has 6 aromatic rings. The fourth-order valence-electron chi connectivity index (χ4n) is 10.9. The maximum atomic E-state index is 13.1. The van der Waals surface area contributed by atoms with Crippen molar-refractivity contribution in [3.63, 3.8) is 0 Å². The van der Waals surface area contributed by atoms with Crippen LogP contribution in [0, 0.1) is 27.7 Å². The lowest BCUT2D eigenvalue weighted by molar-refractivity contribution is -0.370. The molecule has 0 aliphatic heterocycles. The highest BCUT2D eigenvalue weighted by atomic mass is 19.4. The Labute approximate surface area is 481 Å². The van der Waals surface area contributed by atoms with E-state index in [-0.39, 0.29) is 12.8 Å². The van der Waals surface area contributed by atoms with Crippen LogP contribution in [0.1, 0.15) is 146 Å². The molecule has 0 fully saturated rings. The van der Waals surface area contributed by atoms with Crippen LogP contribution in [0.15, 0.2) is 109 Å². The highest BCUT2D eigenvalue weighted by Crippen LogP contribution is 2.49. The third-order valence-electron chi connectivity index (χ3n) is 16.2. The number of alkyl halides is 12. The highest BCUT2D eigenvalue weighted by molar-refractivity contribution is 5.66. The van der Waals surface area contributed by atoms with E-state index >= 15 is 0 Å². The van der Waals surface area contributed by atoms with Crippen molar-refractivity contribution in [2.45, 2.75) is 180 Å². The van der Waals surface area contributed by atoms with Gasteiger partial charge in [-0.3, -0.25) is 14.8 Å². The largest absolute Gasteiger partial charge is 0.463 e. The van der Waals surface area contributed by atoms with Gasteiger partial charge in [0.05, 0.1) is 11.4 Å². The second-order valence-corrected chi connectivity index (χ2v) is 21.0. The first-order valence-corrected chi connectivity index (χ1v) is 27.3. The smallest absolute Gasteiger partial charge is 0.426 e. The number of nitrogens with zero attached hydrogens (tertiary/aromatic N) is 2. The summed E-state index contributed by atoms with van der Waals surface area (Å²) in [5.41, 5.74) is 2.91. The number of aryl methyl sites for hydroxylation is 7. The lowest BCUT2D eigenvalue weighted by Gasteiger charge is -2.35. The van der Waals surface area contributed by atoms with Crippen LogP contribution in [0.25, 0.3) is 22.5 Å². The molecule has 2 aromatic heterocycles. The molecular weight excluding hydrogens is 1120 g/mol. The quantitative estimate of drug-likeness (QED) is 0.0539. The molecule has 2 heterocycles. The van der Waals surface area contributed by atoms with Crippen molar-refractivity contribution in [3.8, 4) is 22.5 Å². The van der Waals surface area contributed by atoms with Gasteiger partial charge in [-0.05, 0) is 159 Å². The van der Waals surface area contributed by atoms with Crippen molar-refractivity contribution >= 4 is 12.6 Å². The zero-order valence-electron chi connectivity index (χ0n) is 48.2. The van der Waals surface area contributed by atoms with Crippen LogP contribution in [0.3, 0.4) is 0 Å². The predicted octanol–water partition coefficient (Wildman–Crippen LogP) is 16.6. The number of ether oxygens (including phenoxy) is 1. The first kappa shape index (κ1) is 69.6. The van der Waals surface area contributed by atoms with Gasteiger partial charge in [0.1, 0.15) is 6.61 Å². The van der Waals surface area contributed by atoms with E-state index in [4.69, 9.17) is 14.3 Å². The fraction of sp³-hybridized carbons (Fsp3) is 0.438. The van der Waals surface area contributed by atoms with Gasteiger partial charge in [0, 0.05) is 39.9 Å². The number of hydrogen-bond acceptors (Lipinski definition) is 8. The predicted molar refractivity (Wildman–Crippen MR) is 295 cm³/mol. The van der Waals surface area contributed by atoms with Crippen LogP contribution in [0.5, 0.6) is 0 Å². The van der Waals surface area contributed by atoms with E-state index in [1.54, 1.807) is 44.3 Å². The number of pyridine rings is 2. The average molecular weight is 1190 g/mol. The second-order valence-electron chi connectivity index (χ2n) is 21.0. The number of carbonyl (C=O) groups is 1. The summed E-state index contributed by atoms with van der Waals surface area (Å²) in [5, 5.41) is 19.1. The third kappa shape index (κ3) is 15.3. The molecule has 0 spiro atoms. The van der Waals surface area contributed by atoms with Gasteiger partial charge in [-0.15, -0.1) is 0 Å². The Morgan fingerprint density at radius 3 is 1.05 bits per heavy atom. The molecular formula is C64H70F12N2O6. The molecule has 4 aromatic carbocycles. The summed E-state index contributed by atoms with van der Waals surface area (Å²) >= 11 is 0. The minimum atomic E-state index is -5.84. The van der Waals surface area contributed by atoms with Crippen molar-refractivity contribution < 1.29 is 82.0 Å². The number of benzene rings is 4. The summed E-state index contributed by atoms with van der Waals surface area (Å²) in [6, 6.07) is 30.5. The first-order valence-electron chi connectivity index (χ1n) is 27.3. The Hall–Kier alpha value is -6.89. The van der Waals surface area contributed by atoms with Gasteiger partial charge >= 0.3 is 30.9 Å². The van der Waals surface area contributed by atoms with Crippen LogP contribution in [-0.4, -0.2) is 68.7 Å². The summed E-state index contributed by atoms with van der Waals surface area (Å²) in [5.74, 6) is 0. The van der Waals surface area contributed by atoms with Crippen molar-refractivity contribution in [3.05, 3.63) is 176 Å². The first-order chi connectivity index (χ1) is 39.2. The number of rotatable bonds is 21. The maximum Gasteiger partial charge on any atom is 0.426 e. The SMILES string of the molecule is CCC(CC)(c1ccc(CCC(O)(C(F)(F)F)C(F)(F)F)c(C)c1)c1ccc(-c2ccc(COC=O)cn2)c(C)c1.CCCc1ccc(-c2ccc(C(CC)(CC)c3ccc(CCC(O)(C(F)(F)F)C(F)(F)F)c(C)c3)cc2C)nc1.O=C=O. The van der Waals surface area contributed by atoms with E-state index in [1.807, 2.05) is 76.4 Å². The molecule has 8 nitrogen and oxygen atoms in total. The Balaban J connectivity index is 0.000000344. The standard InChI is InChI=1S/C32H37F6NO.C31H33F6NO3.CO2/c1-6-9-23-10-15-28(39-20-23)27-14-13-26(19-22(27)5)29(7-2,8-3)25-12-11-24(21(4)18-25)16-17-30(40,31(33,34)35)32(36,37)38;1-5-28(6-2,25-10-11-26(21(4)16-25)27-12-7-22(17-38-27)18-41-19-39)24-9-8-23(20(3)15-24)13-14-29(40,30(32,33)34)31(35,36)37;2-1-3/h10-15,18-20,40H,6-9,16-17H2,1-5H3;7-12,15-17,19,40H,5-6,13-14,18H2,1-4H3;. The molecule has 0 bridgehead atoms. The molecule has 84 heavy (non-hydrogen) atoms. The van der Waals surface area contributed by atoms with Crippen LogP contribution in [0.4, 0.5) is 52.7 Å². The van der Waals surface area contributed by atoms with Crippen LogP contribution >= 0.6 is 0 Å². The molecule has 0 saturated heterocycles. The van der Waals surface area contributed by atoms with Gasteiger partial charge < -0.3 is 14.9 Å². The normalized spacial score (nSPS) is 12.6. The molecule has 0 saturated carbocycles. The van der Waals surface area contributed by atoms with Gasteiger partial charge in [0.2, 0.25) is 0 Å². The Morgan fingerprint density at radius 1 is 0.464 bits per heavy atom. The van der Waals surface area contributed by atoms with E-state index in [0.29, 0.717) is 41.6 Å². The Bertz CT molecular complexity index is 3130. The summed E-state index contributed by atoms with van der Waals surface area (Å²) in [7, 11) is 0. The summed E-state index contributed by atoms with van der Waals surface area (Å²) in [4.78, 5) is 35.8. The maximum absolute atomic E-state index is 13.1. The number of hydrogen-bond donors (Lipinski definition) is 2. The summed E-state index contributed by atoms with van der Waals surface area (Å²) in [6.07, 6.45) is -18.8. The number of aliphatic hydroxyl groups is 2. The molecule has 456 valence electrons. The van der Waals surface area contributed by atoms with Crippen molar-refractivity contribution in [2.24, 2.45) is 0 Å². The highest BCUT2D eigenvalue weighted by Gasteiger charge is 2.70. The van der Waals surface area contributed by atoms with E-state index in [9.17, 15) is 67.7 Å². The molecule has 0 aliphatic carbocycles. The van der Waals surface area contributed by atoms with Crippen molar-refractivity contribution in [1.82, 2.24) is 9.97 Å². The van der Waals surface area contributed by atoms with E-state index in [2.05, 4.69) is 61.1 Å². The molecule has 0 radical (unpaired) electrons. The summed E-state index contributed by atoms with van der Waals surface area (Å²) in [6.45, 7) is 18.2. The zero-order valence-corrected chi connectivity index (χ0v) is 48.2. The zero-order chi connectivity index (χ0) is 63.3. The number of halogens is 12.